The molecular formula is C49H62N7O6S. The topological polar surface area (TPSA) is 162 Å². The van der Waals surface area contributed by atoms with Crippen molar-refractivity contribution in [3.05, 3.63) is 102 Å². The highest BCUT2D eigenvalue weighted by Crippen LogP contribution is 2.33. The first kappa shape index (κ1) is 45.7. The van der Waals surface area contributed by atoms with Gasteiger partial charge >= 0.3 is 0 Å². The van der Waals surface area contributed by atoms with E-state index in [-0.39, 0.29) is 35.5 Å². The molecule has 3 aliphatic rings. The predicted octanol–water partition coefficient (Wildman–Crippen LogP) is 6.14. The van der Waals surface area contributed by atoms with Crippen LogP contribution in [0.4, 0.5) is 5.13 Å². The Morgan fingerprint density at radius 3 is 2.10 bits per heavy atom. The number of hydrogen-bond donors (Lipinski definition) is 4. The number of benzene rings is 3. The van der Waals surface area contributed by atoms with Crippen LogP contribution < -0.4 is 26.2 Å². The van der Waals surface area contributed by atoms with Crippen molar-refractivity contribution >= 4 is 56.2 Å². The van der Waals surface area contributed by atoms with Crippen LogP contribution in [0, 0.1) is 12.3 Å². The van der Waals surface area contributed by atoms with Gasteiger partial charge in [-0.05, 0) is 67.7 Å². The third-order valence-electron chi connectivity index (χ3n) is 12.6. The maximum Gasteiger partial charge on any atom is 0.253 e. The van der Waals surface area contributed by atoms with Crippen molar-refractivity contribution in [3.63, 3.8) is 0 Å². The monoisotopic (exact) mass is 876 g/mol. The molecular weight excluding hydrogens is 815 g/mol. The van der Waals surface area contributed by atoms with Gasteiger partial charge in [-0.2, -0.15) is 0 Å². The number of carbonyl (C=O) groups excluding carboxylic acids is 5. The second kappa shape index (κ2) is 22.8. The van der Waals surface area contributed by atoms with E-state index in [4.69, 9.17) is 9.72 Å². The lowest BCUT2D eigenvalue weighted by Gasteiger charge is -2.35. The van der Waals surface area contributed by atoms with Crippen LogP contribution in [0.15, 0.2) is 78.9 Å². The first-order chi connectivity index (χ1) is 30.8. The molecule has 0 spiro atoms. The highest BCUT2D eigenvalue weighted by molar-refractivity contribution is 7.22. The van der Waals surface area contributed by atoms with E-state index in [9.17, 15) is 24.0 Å². The highest BCUT2D eigenvalue weighted by Gasteiger charge is 2.42. The summed E-state index contributed by atoms with van der Waals surface area (Å²) in [5, 5.41) is 13.2. The van der Waals surface area contributed by atoms with E-state index in [0.717, 1.165) is 97.4 Å². The molecule has 63 heavy (non-hydrogen) atoms. The normalized spacial score (nSPS) is 17.9. The quantitative estimate of drug-likeness (QED) is 0.0818. The molecule has 1 saturated carbocycles. The van der Waals surface area contributed by atoms with E-state index in [1.165, 1.54) is 6.42 Å². The summed E-state index contributed by atoms with van der Waals surface area (Å²) in [4.78, 5) is 77.6. The minimum atomic E-state index is -0.967. The summed E-state index contributed by atoms with van der Waals surface area (Å²) in [5.74, 6) is -1.83. The number of fused-ring (bicyclic) bond motifs is 1. The van der Waals surface area contributed by atoms with Crippen LogP contribution in [0.1, 0.15) is 105 Å². The van der Waals surface area contributed by atoms with Crippen molar-refractivity contribution < 1.29 is 28.7 Å². The van der Waals surface area contributed by atoms with Crippen molar-refractivity contribution in [3.8, 4) is 0 Å². The summed E-state index contributed by atoms with van der Waals surface area (Å²) in [5.41, 5.74) is 3.06. The Kier molecular flexibility index (Phi) is 16.6. The largest absolute Gasteiger partial charge is 0.378 e. The number of aromatic nitrogens is 1. The van der Waals surface area contributed by atoms with Crippen LogP contribution in [0.2, 0.25) is 0 Å². The van der Waals surface area contributed by atoms with Crippen LogP contribution in [0.25, 0.3) is 10.2 Å². The Labute approximate surface area is 375 Å². The Morgan fingerprint density at radius 2 is 1.43 bits per heavy atom. The van der Waals surface area contributed by atoms with Gasteiger partial charge in [-0.1, -0.05) is 117 Å². The van der Waals surface area contributed by atoms with Crippen LogP contribution in [-0.2, 0) is 23.9 Å². The van der Waals surface area contributed by atoms with E-state index in [1.807, 2.05) is 78.9 Å². The molecule has 5 amide bonds. The number of para-hydroxylation sites is 1. The summed E-state index contributed by atoms with van der Waals surface area (Å²) in [6.45, 7) is 5.92. The van der Waals surface area contributed by atoms with Crippen LogP contribution in [0.3, 0.4) is 0 Å². The Balaban J connectivity index is 0.963. The Bertz CT molecular complexity index is 2100. The van der Waals surface area contributed by atoms with Gasteiger partial charge in [0.2, 0.25) is 23.6 Å². The van der Waals surface area contributed by atoms with Crippen LogP contribution >= 0.6 is 11.3 Å². The molecule has 3 fully saturated rings. The molecule has 0 bridgehead atoms. The zero-order valence-corrected chi connectivity index (χ0v) is 37.2. The van der Waals surface area contributed by atoms with Crippen molar-refractivity contribution in [1.29, 1.82) is 0 Å². The van der Waals surface area contributed by atoms with Crippen LogP contribution in [-0.4, -0.2) is 103 Å². The minimum absolute atomic E-state index is 0.0105. The number of anilines is 1. The number of ether oxygens (including phenoxy) is 1. The average molecular weight is 877 g/mol. The lowest BCUT2D eigenvalue weighted by atomic mass is 9.83. The number of morpholine rings is 1. The number of hydrogen-bond acceptors (Lipinski definition) is 9. The lowest BCUT2D eigenvalue weighted by molar-refractivity contribution is -0.143. The predicted molar refractivity (Wildman–Crippen MR) is 246 cm³/mol. The van der Waals surface area contributed by atoms with Gasteiger partial charge in [0.15, 0.2) is 5.13 Å². The van der Waals surface area contributed by atoms with Crippen molar-refractivity contribution in [1.82, 2.24) is 31.2 Å². The molecule has 1 aromatic heterocycles. The highest BCUT2D eigenvalue weighted by atomic mass is 32.1. The molecule has 3 atom stereocenters. The van der Waals surface area contributed by atoms with Crippen molar-refractivity contribution in [2.75, 3.05) is 50.8 Å². The molecule has 13 nitrogen and oxygen atoms in total. The maximum absolute atomic E-state index is 14.4. The molecule has 4 N–H and O–H groups in total. The average Bonchev–Trinajstić information content (AvgIpc) is 4.01. The molecule has 3 heterocycles. The summed E-state index contributed by atoms with van der Waals surface area (Å²) in [7, 11) is 0. The summed E-state index contributed by atoms with van der Waals surface area (Å²) in [6.07, 6.45) is 10.6. The number of nitrogens with one attached hydrogen (secondary N) is 4. The molecule has 1 aliphatic carbocycles. The number of likely N-dealkylation sites (tertiary alicyclic amines) is 1. The van der Waals surface area contributed by atoms with Gasteiger partial charge in [-0.25, -0.2) is 4.98 Å². The number of rotatable bonds is 19. The van der Waals surface area contributed by atoms with Gasteiger partial charge < -0.3 is 35.8 Å². The van der Waals surface area contributed by atoms with Gasteiger partial charge in [0.05, 0.1) is 29.0 Å². The fourth-order valence-electron chi connectivity index (χ4n) is 9.25. The van der Waals surface area contributed by atoms with Crippen molar-refractivity contribution in [2.24, 2.45) is 5.92 Å². The van der Waals surface area contributed by atoms with Gasteiger partial charge in [0.25, 0.3) is 5.91 Å². The summed E-state index contributed by atoms with van der Waals surface area (Å²) < 4.78 is 6.47. The van der Waals surface area contributed by atoms with E-state index in [2.05, 4.69) is 26.2 Å². The van der Waals surface area contributed by atoms with Gasteiger partial charge in [-0.15, -0.1) is 0 Å². The molecule has 7 rings (SSSR count). The Hall–Kier alpha value is -5.34. The van der Waals surface area contributed by atoms with Gasteiger partial charge in [-0.3, -0.25) is 24.0 Å². The SMILES string of the molecule is C[CH]C(=O)N[C@H](C(=O)N1CCC[C@H]1C(=O)N[C@H](C(=O)NCCCCCCNC(=O)c1cccc2sc(N3CCOCC3)nc12)C(c1ccccc1)c1ccccc1)C1CCCCC1. The second-order valence-corrected chi connectivity index (χ2v) is 17.9. The van der Waals surface area contributed by atoms with Crippen LogP contribution in [0.5, 0.6) is 0 Å². The number of thiazole rings is 1. The minimum Gasteiger partial charge on any atom is -0.378 e. The maximum atomic E-state index is 14.4. The molecule has 4 aromatic rings. The van der Waals surface area contributed by atoms with Gasteiger partial charge in [0.1, 0.15) is 18.1 Å². The number of nitrogens with zero attached hydrogens (tertiary/aromatic N) is 3. The fourth-order valence-corrected chi connectivity index (χ4v) is 10.3. The second-order valence-electron chi connectivity index (χ2n) is 16.9. The molecule has 14 heteroatoms. The van der Waals surface area contributed by atoms with Crippen molar-refractivity contribution in [2.45, 2.75) is 102 Å². The smallest absolute Gasteiger partial charge is 0.253 e. The first-order valence-electron chi connectivity index (χ1n) is 22.9. The lowest BCUT2D eigenvalue weighted by Crippen LogP contribution is -2.58. The molecule has 0 unspecified atom stereocenters. The molecule has 2 saturated heterocycles. The van der Waals surface area contributed by atoms with E-state index in [0.29, 0.717) is 51.3 Å². The fraction of sp³-hybridized carbons (Fsp3) is 0.490. The number of amides is 5. The van der Waals surface area contributed by atoms with E-state index < -0.39 is 24.0 Å². The molecule has 3 aromatic carbocycles. The first-order valence-corrected chi connectivity index (χ1v) is 23.7. The third kappa shape index (κ3) is 11.8. The Morgan fingerprint density at radius 1 is 0.762 bits per heavy atom. The van der Waals surface area contributed by atoms with E-state index >= 15 is 0 Å². The number of carbonyl (C=O) groups is 5. The number of unbranched alkanes of at least 4 members (excludes halogenated alkanes) is 3. The summed E-state index contributed by atoms with van der Waals surface area (Å²) >= 11 is 1.60. The van der Waals surface area contributed by atoms with E-state index in [1.54, 1.807) is 23.2 Å². The zero-order chi connectivity index (χ0) is 44.0. The molecule has 1 radical (unpaired) electrons. The zero-order valence-electron chi connectivity index (χ0n) is 36.4. The third-order valence-corrected chi connectivity index (χ3v) is 13.7. The standard InChI is InChI=1S/C49H62N7O6S/c1-2-40(57)52-42(36-22-12-7-13-23-36)48(61)56-29-17-25-38(56)46(59)53-44(41(34-18-8-5-9-19-34)35-20-10-6-11-21-35)47(60)51-28-15-4-3-14-27-50-45(58)37-24-16-26-39-43(37)54-49(63-39)55-30-32-62-33-31-55/h2,5-6,8-11,16,18-21,24,26,36,38,41-42,44H,3-4,7,12-15,17,22-23,25,27-33H2,1H3,(H,50,58)(H,51,60)(H,52,57)(H,53,59)/t38-,42-,44-/m0/s1. The van der Waals surface area contributed by atoms with Gasteiger partial charge in [0, 0.05) is 45.1 Å². The molecule has 2 aliphatic heterocycles. The molecule has 335 valence electrons. The summed E-state index contributed by atoms with van der Waals surface area (Å²) in [6, 6.07) is 22.7.